The number of hydrogen-bond donors (Lipinski definition) is 0. The van der Waals surface area contributed by atoms with E-state index in [9.17, 15) is 0 Å². The summed E-state index contributed by atoms with van der Waals surface area (Å²) >= 11 is 3.18. The molecule has 1 rings (SSSR count). The molecule has 0 saturated carbocycles. The number of halogens is 1. The fourth-order valence-electron chi connectivity index (χ4n) is 0.429. The maximum absolute atomic E-state index is 3.95. The fourth-order valence-corrected chi connectivity index (χ4v) is 0.703. The van der Waals surface area contributed by atoms with Crippen molar-refractivity contribution in [2.24, 2.45) is 0 Å². The van der Waals surface area contributed by atoms with Crippen LogP contribution in [0.5, 0.6) is 0 Å². The predicted molar refractivity (Wildman–Crippen MR) is 33.4 cm³/mol. The Bertz CT molecular complexity index is 172. The van der Waals surface area contributed by atoms with Crippen molar-refractivity contribution in [2.75, 3.05) is 0 Å². The number of aromatic nitrogens is 3. The van der Waals surface area contributed by atoms with Crippen molar-refractivity contribution in [3.8, 4) is 0 Å². The zero-order chi connectivity index (χ0) is 5.98. The van der Waals surface area contributed by atoms with Crippen molar-refractivity contribution in [2.45, 2.75) is 13.5 Å². The van der Waals surface area contributed by atoms with Gasteiger partial charge < -0.3 is 0 Å². The lowest BCUT2D eigenvalue weighted by Crippen LogP contribution is -1.97. The van der Waals surface area contributed by atoms with E-state index in [1.807, 2.05) is 6.92 Å². The summed E-state index contributed by atoms with van der Waals surface area (Å²) in [6.07, 6.45) is 1.67. The summed E-state index contributed by atoms with van der Waals surface area (Å²) in [6, 6.07) is 0. The van der Waals surface area contributed by atoms with Gasteiger partial charge in [-0.05, 0) is 22.9 Å². The van der Waals surface area contributed by atoms with Crippen molar-refractivity contribution in [3.05, 3.63) is 10.8 Å². The molecule has 1 heterocycles. The Morgan fingerprint density at radius 2 is 2.62 bits per heavy atom. The van der Waals surface area contributed by atoms with Gasteiger partial charge in [-0.3, -0.25) is 0 Å². The number of hydrogen-bond acceptors (Lipinski definition) is 2. The Morgan fingerprint density at radius 1 is 1.88 bits per heavy atom. The van der Waals surface area contributed by atoms with Gasteiger partial charge in [0.15, 0.2) is 0 Å². The fraction of sp³-hybridized carbons (Fsp3) is 0.500. The standard InChI is InChI=1S/C4H6BrN3/c1-2-8-6-3-4(5)7-8/h3H,2H2,1H3. The first-order valence-corrected chi connectivity index (χ1v) is 3.18. The van der Waals surface area contributed by atoms with E-state index in [1.54, 1.807) is 11.0 Å². The normalized spacial score (nSPS) is 9.75. The van der Waals surface area contributed by atoms with E-state index in [2.05, 4.69) is 26.1 Å². The van der Waals surface area contributed by atoms with Crippen LogP contribution in [0.1, 0.15) is 6.92 Å². The summed E-state index contributed by atoms with van der Waals surface area (Å²) in [7, 11) is 0. The summed E-state index contributed by atoms with van der Waals surface area (Å²) in [5, 5.41) is 7.84. The monoisotopic (exact) mass is 175 g/mol. The average molecular weight is 176 g/mol. The molecule has 0 fully saturated rings. The molecule has 1 aromatic rings. The van der Waals surface area contributed by atoms with E-state index in [0.29, 0.717) is 0 Å². The largest absolute Gasteiger partial charge is 0.184 e. The van der Waals surface area contributed by atoms with Crippen molar-refractivity contribution >= 4 is 15.9 Å². The molecular formula is C4H6BrN3. The molecule has 0 bridgehead atoms. The highest BCUT2D eigenvalue weighted by Crippen LogP contribution is 1.99. The maximum Gasteiger partial charge on any atom is 0.148 e. The van der Waals surface area contributed by atoms with Crippen LogP contribution >= 0.6 is 15.9 Å². The topological polar surface area (TPSA) is 30.7 Å². The summed E-state index contributed by atoms with van der Waals surface area (Å²) in [5.41, 5.74) is 0. The number of aryl methyl sites for hydroxylation is 1. The molecule has 4 heteroatoms. The highest BCUT2D eigenvalue weighted by molar-refractivity contribution is 9.10. The molecule has 0 aliphatic carbocycles. The lowest BCUT2D eigenvalue weighted by atomic mass is 10.8. The number of rotatable bonds is 1. The molecule has 0 aliphatic heterocycles. The maximum atomic E-state index is 3.95. The Kier molecular flexibility index (Phi) is 1.62. The molecule has 0 unspecified atom stereocenters. The summed E-state index contributed by atoms with van der Waals surface area (Å²) in [6.45, 7) is 2.82. The van der Waals surface area contributed by atoms with Gasteiger partial charge in [0.05, 0.1) is 12.7 Å². The van der Waals surface area contributed by atoms with Gasteiger partial charge in [-0.15, -0.1) is 5.10 Å². The molecule has 0 aliphatic rings. The van der Waals surface area contributed by atoms with Gasteiger partial charge in [-0.2, -0.15) is 9.90 Å². The van der Waals surface area contributed by atoms with Gasteiger partial charge in [0.25, 0.3) is 0 Å². The quantitative estimate of drug-likeness (QED) is 0.640. The van der Waals surface area contributed by atoms with E-state index < -0.39 is 0 Å². The zero-order valence-electron chi connectivity index (χ0n) is 4.50. The molecule has 3 nitrogen and oxygen atoms in total. The van der Waals surface area contributed by atoms with Crippen LogP contribution in [-0.4, -0.2) is 15.0 Å². The number of nitrogens with zero attached hydrogens (tertiary/aromatic N) is 3. The summed E-state index contributed by atoms with van der Waals surface area (Å²) in [5.74, 6) is 0. The lowest BCUT2D eigenvalue weighted by molar-refractivity contribution is 0.567. The summed E-state index contributed by atoms with van der Waals surface area (Å²) < 4.78 is 0.791. The lowest BCUT2D eigenvalue weighted by Gasteiger charge is -1.85. The molecule has 0 spiro atoms. The molecule has 0 atom stereocenters. The Hall–Kier alpha value is -0.380. The van der Waals surface area contributed by atoms with Crippen LogP contribution in [0.2, 0.25) is 0 Å². The van der Waals surface area contributed by atoms with Crippen molar-refractivity contribution in [1.82, 2.24) is 15.0 Å². The average Bonchev–Trinajstić information content (AvgIpc) is 2.14. The minimum absolute atomic E-state index is 0.791. The first-order valence-electron chi connectivity index (χ1n) is 2.38. The third kappa shape index (κ3) is 1.06. The van der Waals surface area contributed by atoms with Crippen LogP contribution in [0.3, 0.4) is 0 Å². The molecule has 0 radical (unpaired) electrons. The van der Waals surface area contributed by atoms with E-state index in [1.165, 1.54) is 0 Å². The molecule has 44 valence electrons. The third-order valence-corrected chi connectivity index (χ3v) is 1.15. The first-order chi connectivity index (χ1) is 3.83. The van der Waals surface area contributed by atoms with E-state index in [4.69, 9.17) is 0 Å². The van der Waals surface area contributed by atoms with Gasteiger partial charge in [0, 0.05) is 0 Å². The van der Waals surface area contributed by atoms with Crippen molar-refractivity contribution in [3.63, 3.8) is 0 Å². The van der Waals surface area contributed by atoms with E-state index in [0.717, 1.165) is 11.1 Å². The SMILES string of the molecule is CCn1ncc(Br)n1. The highest BCUT2D eigenvalue weighted by Gasteiger charge is 1.89. The van der Waals surface area contributed by atoms with Crippen molar-refractivity contribution in [1.29, 1.82) is 0 Å². The molecule has 0 aromatic carbocycles. The van der Waals surface area contributed by atoms with Gasteiger partial charge in [0.2, 0.25) is 0 Å². The Labute approximate surface area is 55.8 Å². The molecule has 0 N–H and O–H groups in total. The van der Waals surface area contributed by atoms with Crippen LogP contribution < -0.4 is 0 Å². The van der Waals surface area contributed by atoms with Crippen LogP contribution in [0.4, 0.5) is 0 Å². The second-order valence-corrected chi connectivity index (χ2v) is 2.17. The van der Waals surface area contributed by atoms with Gasteiger partial charge in [-0.25, -0.2) is 0 Å². The Balaban J connectivity index is 2.84. The predicted octanol–water partition coefficient (Wildman–Crippen LogP) is 1.06. The van der Waals surface area contributed by atoms with Gasteiger partial charge in [-0.1, -0.05) is 0 Å². The highest BCUT2D eigenvalue weighted by atomic mass is 79.9. The smallest absolute Gasteiger partial charge is 0.148 e. The van der Waals surface area contributed by atoms with Crippen LogP contribution in [-0.2, 0) is 6.54 Å². The zero-order valence-corrected chi connectivity index (χ0v) is 6.09. The molecule has 0 amide bonds. The molecular weight excluding hydrogens is 170 g/mol. The third-order valence-electron chi connectivity index (χ3n) is 0.791. The van der Waals surface area contributed by atoms with Crippen molar-refractivity contribution < 1.29 is 0 Å². The molecule has 8 heavy (non-hydrogen) atoms. The molecule has 1 aromatic heterocycles. The minimum Gasteiger partial charge on any atom is -0.184 e. The summed E-state index contributed by atoms with van der Waals surface area (Å²) in [4.78, 5) is 1.62. The first kappa shape index (κ1) is 5.75. The van der Waals surface area contributed by atoms with Gasteiger partial charge in [0.1, 0.15) is 4.60 Å². The second kappa shape index (κ2) is 2.26. The van der Waals surface area contributed by atoms with Gasteiger partial charge >= 0.3 is 0 Å². The molecule has 0 saturated heterocycles. The minimum atomic E-state index is 0.791. The second-order valence-electron chi connectivity index (χ2n) is 1.36. The van der Waals surface area contributed by atoms with Crippen LogP contribution in [0.15, 0.2) is 10.8 Å². The van der Waals surface area contributed by atoms with E-state index >= 15 is 0 Å². The van der Waals surface area contributed by atoms with Crippen LogP contribution in [0.25, 0.3) is 0 Å². The van der Waals surface area contributed by atoms with Crippen LogP contribution in [0, 0.1) is 0 Å². The Morgan fingerprint density at radius 3 is 2.88 bits per heavy atom. The van der Waals surface area contributed by atoms with E-state index in [-0.39, 0.29) is 0 Å².